The Morgan fingerprint density at radius 1 is 1.18 bits per heavy atom. The monoisotopic (exact) mass is 339 g/mol. The molecule has 0 amide bonds. The van der Waals surface area contributed by atoms with Gasteiger partial charge in [-0.25, -0.2) is 13.2 Å². The van der Waals surface area contributed by atoms with Crippen LogP contribution in [0.4, 0.5) is 5.69 Å². The first-order valence-corrected chi connectivity index (χ1v) is 8.17. The Kier molecular flexibility index (Phi) is 4.73. The van der Waals surface area contributed by atoms with E-state index < -0.39 is 16.0 Å². The molecule has 5 nitrogen and oxygen atoms in total. The van der Waals surface area contributed by atoms with Gasteiger partial charge in [-0.1, -0.05) is 29.8 Å². The number of para-hydroxylation sites is 1. The number of ether oxygens (including phenoxy) is 1. The fourth-order valence-electron chi connectivity index (χ4n) is 1.83. The fraction of sp³-hybridized carbons (Fsp3) is 0.133. The summed E-state index contributed by atoms with van der Waals surface area (Å²) >= 11 is 5.89. The molecule has 0 saturated heterocycles. The first kappa shape index (κ1) is 16.3. The molecule has 0 aliphatic carbocycles. The third kappa shape index (κ3) is 3.40. The Bertz CT molecular complexity index is 818. The summed E-state index contributed by atoms with van der Waals surface area (Å²) < 4.78 is 31.9. The number of hydrogen-bond acceptors (Lipinski definition) is 4. The molecule has 0 saturated carbocycles. The highest BCUT2D eigenvalue weighted by Gasteiger charge is 2.19. The van der Waals surface area contributed by atoms with Crippen LogP contribution in [0.1, 0.15) is 15.9 Å². The summed E-state index contributed by atoms with van der Waals surface area (Å²) in [5, 5.41) is 0.127. The molecule has 2 rings (SSSR count). The van der Waals surface area contributed by atoms with Gasteiger partial charge in [0.05, 0.1) is 28.3 Å². The minimum Gasteiger partial charge on any atom is -0.465 e. The Balaban J connectivity index is 2.42. The molecule has 0 atom stereocenters. The number of esters is 1. The molecule has 0 aliphatic heterocycles. The minimum absolute atomic E-state index is 0.00294. The van der Waals surface area contributed by atoms with E-state index in [9.17, 15) is 13.2 Å². The quantitative estimate of drug-likeness (QED) is 0.868. The predicted octanol–water partition coefficient (Wildman–Crippen LogP) is 3.24. The largest absolute Gasteiger partial charge is 0.465 e. The number of nitrogens with one attached hydrogen (secondary N) is 1. The molecule has 2 aromatic carbocycles. The Labute approximate surface area is 133 Å². The van der Waals surface area contributed by atoms with Crippen LogP contribution in [0.2, 0.25) is 5.02 Å². The number of carbonyl (C=O) groups is 1. The molecular weight excluding hydrogens is 326 g/mol. The third-order valence-corrected chi connectivity index (χ3v) is 4.74. The van der Waals surface area contributed by atoms with Crippen molar-refractivity contribution in [2.75, 3.05) is 11.8 Å². The molecule has 22 heavy (non-hydrogen) atoms. The molecule has 0 unspecified atom stereocenters. The fourth-order valence-corrected chi connectivity index (χ4v) is 3.18. The van der Waals surface area contributed by atoms with Crippen molar-refractivity contribution in [3.8, 4) is 0 Å². The van der Waals surface area contributed by atoms with E-state index >= 15 is 0 Å². The lowest BCUT2D eigenvalue weighted by atomic mass is 10.2. The van der Waals surface area contributed by atoms with Gasteiger partial charge < -0.3 is 4.74 Å². The minimum atomic E-state index is -3.83. The highest BCUT2D eigenvalue weighted by Crippen LogP contribution is 2.24. The zero-order chi connectivity index (χ0) is 16.3. The standard InChI is InChI=1S/C15H14ClNO4S/c1-10-5-3-4-6-14(10)17-22(19,20)11-7-8-13(16)12(9-11)15(18)21-2/h3-9,17H,1-2H3. The van der Waals surface area contributed by atoms with Crippen LogP contribution < -0.4 is 4.72 Å². The maximum Gasteiger partial charge on any atom is 0.339 e. The Morgan fingerprint density at radius 2 is 1.86 bits per heavy atom. The average Bonchev–Trinajstić information content (AvgIpc) is 2.49. The molecule has 0 aromatic heterocycles. The smallest absolute Gasteiger partial charge is 0.339 e. The average molecular weight is 340 g/mol. The summed E-state index contributed by atoms with van der Waals surface area (Å²) in [5.74, 6) is -0.696. The van der Waals surface area contributed by atoms with Gasteiger partial charge in [-0.05, 0) is 36.8 Å². The highest BCUT2D eigenvalue weighted by atomic mass is 35.5. The zero-order valence-electron chi connectivity index (χ0n) is 12.0. The van der Waals surface area contributed by atoms with Gasteiger partial charge in [0.25, 0.3) is 10.0 Å². The summed E-state index contributed by atoms with van der Waals surface area (Å²) in [6.07, 6.45) is 0. The number of anilines is 1. The van der Waals surface area contributed by atoms with Crippen LogP contribution in [0.15, 0.2) is 47.4 Å². The molecular formula is C15H14ClNO4S. The normalized spacial score (nSPS) is 11.0. The van der Waals surface area contributed by atoms with Crippen LogP contribution in [0.25, 0.3) is 0 Å². The summed E-state index contributed by atoms with van der Waals surface area (Å²) in [6.45, 7) is 1.79. The van der Waals surface area contributed by atoms with Gasteiger partial charge in [0.15, 0.2) is 0 Å². The van der Waals surface area contributed by atoms with E-state index in [1.54, 1.807) is 25.1 Å². The van der Waals surface area contributed by atoms with Crippen LogP contribution in [-0.4, -0.2) is 21.5 Å². The molecule has 116 valence electrons. The lowest BCUT2D eigenvalue weighted by molar-refractivity contribution is 0.0600. The van der Waals surface area contributed by atoms with Gasteiger partial charge in [0.1, 0.15) is 0 Å². The summed E-state index contributed by atoms with van der Waals surface area (Å²) in [6, 6.07) is 10.9. The lowest BCUT2D eigenvalue weighted by Gasteiger charge is -2.11. The number of carbonyl (C=O) groups excluding carboxylic acids is 1. The summed E-state index contributed by atoms with van der Waals surface area (Å²) in [7, 11) is -2.63. The SMILES string of the molecule is COC(=O)c1cc(S(=O)(=O)Nc2ccccc2C)ccc1Cl. The first-order chi connectivity index (χ1) is 10.3. The van der Waals surface area contributed by atoms with E-state index in [2.05, 4.69) is 9.46 Å². The summed E-state index contributed by atoms with van der Waals surface area (Å²) in [4.78, 5) is 11.5. The molecule has 0 radical (unpaired) electrons. The van der Waals surface area contributed by atoms with Gasteiger partial charge in [0.2, 0.25) is 0 Å². The van der Waals surface area contributed by atoms with Crippen molar-refractivity contribution >= 4 is 33.3 Å². The number of halogens is 1. The molecule has 0 heterocycles. The van der Waals surface area contributed by atoms with Crippen molar-refractivity contribution in [3.05, 3.63) is 58.6 Å². The van der Waals surface area contributed by atoms with E-state index in [1.165, 1.54) is 25.3 Å². The zero-order valence-corrected chi connectivity index (χ0v) is 13.5. The lowest BCUT2D eigenvalue weighted by Crippen LogP contribution is -2.15. The van der Waals surface area contributed by atoms with Crippen molar-refractivity contribution in [3.63, 3.8) is 0 Å². The number of sulfonamides is 1. The number of rotatable bonds is 4. The number of benzene rings is 2. The molecule has 0 spiro atoms. The summed E-state index contributed by atoms with van der Waals surface area (Å²) in [5.41, 5.74) is 1.25. The van der Waals surface area contributed by atoms with E-state index in [-0.39, 0.29) is 15.5 Å². The van der Waals surface area contributed by atoms with Crippen LogP contribution >= 0.6 is 11.6 Å². The van der Waals surface area contributed by atoms with Gasteiger partial charge in [0, 0.05) is 0 Å². The van der Waals surface area contributed by atoms with Crippen LogP contribution in [-0.2, 0) is 14.8 Å². The molecule has 0 fully saturated rings. The maximum atomic E-state index is 12.4. The van der Waals surface area contributed by atoms with Crippen molar-refractivity contribution in [1.29, 1.82) is 0 Å². The first-order valence-electron chi connectivity index (χ1n) is 6.31. The third-order valence-electron chi connectivity index (χ3n) is 3.04. The van der Waals surface area contributed by atoms with Crippen molar-refractivity contribution in [2.45, 2.75) is 11.8 Å². The molecule has 7 heteroatoms. The molecule has 0 aliphatic rings. The van der Waals surface area contributed by atoms with Crippen molar-refractivity contribution in [1.82, 2.24) is 0 Å². The van der Waals surface area contributed by atoms with Crippen LogP contribution in [0.3, 0.4) is 0 Å². The second kappa shape index (κ2) is 6.37. The molecule has 0 bridgehead atoms. The van der Waals surface area contributed by atoms with E-state index in [4.69, 9.17) is 11.6 Å². The number of aryl methyl sites for hydroxylation is 1. The second-order valence-electron chi connectivity index (χ2n) is 4.55. The molecule has 1 N–H and O–H groups in total. The number of hydrogen-bond donors (Lipinski definition) is 1. The molecule has 2 aromatic rings. The Morgan fingerprint density at radius 3 is 2.50 bits per heavy atom. The van der Waals surface area contributed by atoms with Gasteiger partial charge >= 0.3 is 5.97 Å². The van der Waals surface area contributed by atoms with Gasteiger partial charge in [-0.3, -0.25) is 4.72 Å². The maximum absolute atomic E-state index is 12.4. The highest BCUT2D eigenvalue weighted by molar-refractivity contribution is 7.92. The van der Waals surface area contributed by atoms with Crippen molar-refractivity contribution in [2.24, 2.45) is 0 Å². The van der Waals surface area contributed by atoms with Crippen LogP contribution in [0, 0.1) is 6.92 Å². The second-order valence-corrected chi connectivity index (χ2v) is 6.64. The van der Waals surface area contributed by atoms with E-state index in [0.717, 1.165) is 5.56 Å². The van der Waals surface area contributed by atoms with E-state index in [0.29, 0.717) is 5.69 Å². The van der Waals surface area contributed by atoms with Gasteiger partial charge in [-0.15, -0.1) is 0 Å². The van der Waals surface area contributed by atoms with Crippen LogP contribution in [0.5, 0.6) is 0 Å². The van der Waals surface area contributed by atoms with Gasteiger partial charge in [-0.2, -0.15) is 0 Å². The van der Waals surface area contributed by atoms with Crippen molar-refractivity contribution < 1.29 is 17.9 Å². The predicted molar refractivity (Wildman–Crippen MR) is 84.8 cm³/mol. The number of methoxy groups -OCH3 is 1. The van der Waals surface area contributed by atoms with E-state index in [1.807, 2.05) is 6.07 Å². The Hall–Kier alpha value is -2.05. The topological polar surface area (TPSA) is 72.5 Å².